The molecule has 40 heavy (non-hydrogen) atoms. The molecule has 0 aromatic heterocycles. The number of aliphatic hydroxyl groups is 2. The molecule has 2 amide bonds. The van der Waals surface area contributed by atoms with Gasteiger partial charge in [-0.3, -0.25) is 9.59 Å². The van der Waals surface area contributed by atoms with Crippen molar-refractivity contribution >= 4 is 38.9 Å². The highest BCUT2D eigenvalue weighted by molar-refractivity contribution is 9.10. The summed E-state index contributed by atoms with van der Waals surface area (Å²) in [4.78, 5) is 24.5. The average Bonchev–Trinajstić information content (AvgIpc) is 3.19. The van der Waals surface area contributed by atoms with Crippen molar-refractivity contribution in [2.45, 2.75) is 59.5 Å². The maximum Gasteiger partial charge on any atom is 0.256 e. The largest absolute Gasteiger partial charge is 0.509 e. The zero-order valence-electron chi connectivity index (χ0n) is 24.6. The number of halogens is 1. The Kier molecular flexibility index (Phi) is 9.23. The van der Waals surface area contributed by atoms with Crippen LogP contribution in [0, 0.1) is 34.6 Å². The molecule has 0 spiro atoms. The third kappa shape index (κ3) is 5.82. The van der Waals surface area contributed by atoms with Gasteiger partial charge in [0.1, 0.15) is 22.6 Å². The minimum absolute atomic E-state index is 0.0397. The van der Waals surface area contributed by atoms with E-state index in [1.54, 1.807) is 28.1 Å². The lowest BCUT2D eigenvalue weighted by Gasteiger charge is -2.23. The van der Waals surface area contributed by atoms with Crippen molar-refractivity contribution in [3.8, 4) is 0 Å². The number of methoxy groups -OCH3 is 2. The van der Waals surface area contributed by atoms with Crippen LogP contribution in [0.5, 0.6) is 0 Å². The molecule has 4 rings (SSSR count). The van der Waals surface area contributed by atoms with E-state index in [4.69, 9.17) is 9.47 Å². The van der Waals surface area contributed by atoms with E-state index in [2.05, 4.69) is 26.6 Å². The molecule has 0 saturated carbocycles. The number of hydrogen-bond donors (Lipinski definition) is 4. The summed E-state index contributed by atoms with van der Waals surface area (Å²) < 4.78 is 11.1. The van der Waals surface area contributed by atoms with Crippen LogP contribution in [0.2, 0.25) is 0 Å². The third-order valence-corrected chi connectivity index (χ3v) is 7.93. The number of amides is 2. The smallest absolute Gasteiger partial charge is 0.256 e. The summed E-state index contributed by atoms with van der Waals surface area (Å²) in [6.07, 6.45) is 0. The van der Waals surface area contributed by atoms with Crippen molar-refractivity contribution in [1.82, 2.24) is 10.6 Å². The molecule has 0 saturated heterocycles. The topological polar surface area (TPSA) is 117 Å². The van der Waals surface area contributed by atoms with Crippen molar-refractivity contribution in [2.24, 2.45) is 0 Å². The van der Waals surface area contributed by atoms with Gasteiger partial charge in [-0.25, -0.2) is 0 Å². The first-order valence-corrected chi connectivity index (χ1v) is 13.7. The SMILES string of the molecule is COCC1(C)NC(=O)C(c2c(C)cc(Br)cc2C)=C1O.COCC1(C)NC(=O)C(c2cc(C)c(C)cc2C)=C1O. The maximum atomic E-state index is 12.3. The van der Waals surface area contributed by atoms with Gasteiger partial charge in [0.05, 0.1) is 24.4 Å². The molecule has 216 valence electrons. The van der Waals surface area contributed by atoms with Crippen molar-refractivity contribution in [2.75, 3.05) is 27.4 Å². The normalized spacial score (nSPS) is 22.4. The highest BCUT2D eigenvalue weighted by Crippen LogP contribution is 2.36. The monoisotopic (exact) mass is 614 g/mol. The van der Waals surface area contributed by atoms with Crippen molar-refractivity contribution in [3.05, 3.63) is 79.2 Å². The number of nitrogens with one attached hydrogen (secondary N) is 2. The lowest BCUT2D eigenvalue weighted by Crippen LogP contribution is -2.45. The molecule has 0 fully saturated rings. The summed E-state index contributed by atoms with van der Waals surface area (Å²) in [5, 5.41) is 26.6. The van der Waals surface area contributed by atoms with Gasteiger partial charge in [-0.15, -0.1) is 0 Å². The maximum absolute atomic E-state index is 12.3. The highest BCUT2D eigenvalue weighted by atomic mass is 79.9. The molecule has 2 aliphatic rings. The van der Waals surface area contributed by atoms with Crippen LogP contribution in [0.4, 0.5) is 0 Å². The Morgan fingerprint density at radius 1 is 0.700 bits per heavy atom. The van der Waals surface area contributed by atoms with Crippen LogP contribution in [0.25, 0.3) is 11.1 Å². The van der Waals surface area contributed by atoms with Gasteiger partial charge in [0.15, 0.2) is 0 Å². The van der Waals surface area contributed by atoms with Gasteiger partial charge in [-0.2, -0.15) is 0 Å². The molecule has 9 heteroatoms. The van der Waals surface area contributed by atoms with Crippen LogP contribution in [-0.2, 0) is 19.1 Å². The van der Waals surface area contributed by atoms with Gasteiger partial charge < -0.3 is 30.3 Å². The number of carbonyl (C=O) groups excluding carboxylic acids is 2. The fourth-order valence-corrected chi connectivity index (χ4v) is 6.00. The van der Waals surface area contributed by atoms with Crippen molar-refractivity contribution in [3.63, 3.8) is 0 Å². The quantitative estimate of drug-likeness (QED) is 0.351. The molecule has 4 N–H and O–H groups in total. The fraction of sp³-hybridized carbons (Fsp3) is 0.419. The molecule has 2 aliphatic heterocycles. The van der Waals surface area contributed by atoms with Gasteiger partial charge in [0, 0.05) is 18.7 Å². The molecule has 8 nitrogen and oxygen atoms in total. The predicted molar refractivity (Wildman–Crippen MR) is 160 cm³/mol. The second-order valence-corrected chi connectivity index (χ2v) is 12.0. The van der Waals surface area contributed by atoms with Gasteiger partial charge >= 0.3 is 0 Å². The molecular formula is C31H39BrN2O6. The Hall–Kier alpha value is -3.14. The Morgan fingerprint density at radius 3 is 1.60 bits per heavy atom. The van der Waals surface area contributed by atoms with Crippen LogP contribution >= 0.6 is 15.9 Å². The second kappa shape index (κ2) is 11.8. The van der Waals surface area contributed by atoms with Gasteiger partial charge in [0.2, 0.25) is 0 Å². The fourth-order valence-electron chi connectivity index (χ4n) is 5.31. The second-order valence-electron chi connectivity index (χ2n) is 11.1. The predicted octanol–water partition coefficient (Wildman–Crippen LogP) is 5.29. The summed E-state index contributed by atoms with van der Waals surface area (Å²) in [5.41, 5.74) is 5.66. The summed E-state index contributed by atoms with van der Waals surface area (Å²) in [7, 11) is 3.09. The zero-order valence-corrected chi connectivity index (χ0v) is 26.2. The van der Waals surface area contributed by atoms with E-state index in [-0.39, 0.29) is 36.5 Å². The van der Waals surface area contributed by atoms with Crippen LogP contribution in [0.15, 0.2) is 40.3 Å². The molecule has 0 radical (unpaired) electrons. The first kappa shape index (κ1) is 31.4. The molecule has 0 aliphatic carbocycles. The van der Waals surface area contributed by atoms with Gasteiger partial charge in [0.25, 0.3) is 11.8 Å². The summed E-state index contributed by atoms with van der Waals surface area (Å²) >= 11 is 3.43. The molecule has 0 bridgehead atoms. The van der Waals surface area contributed by atoms with Crippen molar-refractivity contribution < 1.29 is 29.3 Å². The highest BCUT2D eigenvalue weighted by Gasteiger charge is 2.44. The van der Waals surface area contributed by atoms with Gasteiger partial charge in [-0.05, 0) is 99.5 Å². The van der Waals surface area contributed by atoms with E-state index in [1.807, 2.05) is 58.9 Å². The minimum Gasteiger partial charge on any atom is -0.509 e. The summed E-state index contributed by atoms with van der Waals surface area (Å²) in [6.45, 7) is 13.8. The molecule has 2 aromatic carbocycles. The van der Waals surface area contributed by atoms with E-state index in [1.165, 1.54) is 5.56 Å². The first-order valence-electron chi connectivity index (χ1n) is 13.0. The standard InChI is InChI=1S/C16H21NO3.C15H18BrNO3/c1-9-6-11(3)12(7-10(9)2)13-14(18)16(4,8-20-5)17-15(13)19;1-8-5-10(16)6-9(2)11(8)12-13(18)15(3,7-20-4)17-14(12)19/h6-7,18H,8H2,1-5H3,(H,17,19);5-6,18H,7H2,1-4H3,(H,17,19). The van der Waals surface area contributed by atoms with E-state index in [0.717, 1.165) is 37.9 Å². The molecule has 2 unspecified atom stereocenters. The van der Waals surface area contributed by atoms with Crippen LogP contribution in [-0.4, -0.2) is 60.5 Å². The zero-order chi connectivity index (χ0) is 30.2. The lowest BCUT2D eigenvalue weighted by atomic mass is 9.92. The molecule has 2 aromatic rings. The average molecular weight is 616 g/mol. The summed E-state index contributed by atoms with van der Waals surface area (Å²) in [6, 6.07) is 7.85. The van der Waals surface area contributed by atoms with E-state index >= 15 is 0 Å². The number of rotatable bonds is 6. The number of ether oxygens (including phenoxy) is 2. The molecular weight excluding hydrogens is 576 g/mol. The van der Waals surface area contributed by atoms with E-state index < -0.39 is 11.1 Å². The minimum atomic E-state index is -0.868. The number of carbonyl (C=O) groups is 2. The van der Waals surface area contributed by atoms with Crippen LogP contribution < -0.4 is 10.6 Å². The third-order valence-electron chi connectivity index (χ3n) is 7.48. The Balaban J connectivity index is 0.000000220. The Labute approximate surface area is 244 Å². The van der Waals surface area contributed by atoms with Crippen LogP contribution in [0.3, 0.4) is 0 Å². The number of aliphatic hydroxyl groups excluding tert-OH is 2. The van der Waals surface area contributed by atoms with Crippen LogP contribution in [0.1, 0.15) is 52.8 Å². The summed E-state index contributed by atoms with van der Waals surface area (Å²) in [5.74, 6) is -0.433. The number of aryl methyl sites for hydroxylation is 5. The molecule has 2 atom stereocenters. The first-order chi connectivity index (χ1) is 18.6. The number of hydrogen-bond acceptors (Lipinski definition) is 6. The van der Waals surface area contributed by atoms with Gasteiger partial charge in [-0.1, -0.05) is 28.1 Å². The lowest BCUT2D eigenvalue weighted by molar-refractivity contribution is -0.117. The van der Waals surface area contributed by atoms with Crippen molar-refractivity contribution in [1.29, 1.82) is 0 Å². The number of benzene rings is 2. The Bertz CT molecular complexity index is 1410. The molecule has 2 heterocycles. The van der Waals surface area contributed by atoms with E-state index in [9.17, 15) is 19.8 Å². The van der Waals surface area contributed by atoms with E-state index in [0.29, 0.717) is 11.1 Å². The Morgan fingerprint density at radius 2 is 1.12 bits per heavy atom.